The van der Waals surface area contributed by atoms with Crippen molar-refractivity contribution in [3.05, 3.63) is 35.4 Å². The molecule has 0 N–H and O–H groups in total. The summed E-state index contributed by atoms with van der Waals surface area (Å²) >= 11 is 1.53. The molecule has 1 aromatic carbocycles. The first-order chi connectivity index (χ1) is 8.65. The number of hydrogen-bond donors (Lipinski definition) is 0. The number of aryl methyl sites for hydroxylation is 1. The van der Waals surface area contributed by atoms with Crippen LogP contribution in [0.4, 0.5) is 0 Å². The van der Waals surface area contributed by atoms with Crippen LogP contribution in [0.2, 0.25) is 0 Å². The number of Topliss-reactive ketones (excluding diaryl/α,β-unsaturated/α-hetero) is 1. The molecule has 4 heteroatoms. The third-order valence-electron chi connectivity index (χ3n) is 3.07. The van der Waals surface area contributed by atoms with E-state index in [1.54, 1.807) is 6.92 Å². The minimum Gasteiger partial charge on any atom is -0.465 e. The van der Waals surface area contributed by atoms with Gasteiger partial charge in [0, 0.05) is 5.75 Å². The lowest BCUT2D eigenvalue weighted by atomic mass is 9.97. The van der Waals surface area contributed by atoms with Crippen molar-refractivity contribution in [3.63, 3.8) is 0 Å². The van der Waals surface area contributed by atoms with Gasteiger partial charge in [-0.05, 0) is 25.0 Å². The van der Waals surface area contributed by atoms with Crippen molar-refractivity contribution in [1.29, 1.82) is 0 Å². The number of carbonyl (C=O) groups excluding carboxylic acids is 2. The van der Waals surface area contributed by atoms with Gasteiger partial charge in [-0.2, -0.15) is 0 Å². The molecule has 1 aliphatic rings. The van der Waals surface area contributed by atoms with Crippen molar-refractivity contribution in [1.82, 2.24) is 0 Å². The van der Waals surface area contributed by atoms with Gasteiger partial charge in [-0.15, -0.1) is 11.8 Å². The molecule has 0 bridgehead atoms. The Bertz CT molecular complexity index is 470. The topological polar surface area (TPSA) is 43.4 Å². The number of carbonyl (C=O) groups is 2. The summed E-state index contributed by atoms with van der Waals surface area (Å²) in [5.74, 6) is -0.477. The van der Waals surface area contributed by atoms with Gasteiger partial charge >= 0.3 is 5.97 Å². The van der Waals surface area contributed by atoms with Crippen LogP contribution in [0.3, 0.4) is 0 Å². The third kappa shape index (κ3) is 2.43. The van der Waals surface area contributed by atoms with Gasteiger partial charge in [0.15, 0.2) is 5.78 Å². The molecule has 18 heavy (non-hydrogen) atoms. The van der Waals surface area contributed by atoms with Crippen LogP contribution in [0, 0.1) is 12.8 Å². The van der Waals surface area contributed by atoms with E-state index >= 15 is 0 Å². The van der Waals surface area contributed by atoms with Crippen LogP contribution < -0.4 is 0 Å². The highest BCUT2D eigenvalue weighted by molar-refractivity contribution is 8.00. The Labute approximate surface area is 111 Å². The first kappa shape index (κ1) is 13.1. The summed E-state index contributed by atoms with van der Waals surface area (Å²) in [7, 11) is 0. The Morgan fingerprint density at radius 3 is 2.83 bits per heavy atom. The van der Waals surface area contributed by atoms with E-state index < -0.39 is 5.92 Å². The van der Waals surface area contributed by atoms with Crippen LogP contribution >= 0.6 is 11.8 Å². The maximum Gasteiger partial charge on any atom is 0.317 e. The zero-order valence-corrected chi connectivity index (χ0v) is 11.3. The zero-order chi connectivity index (χ0) is 13.1. The first-order valence-corrected chi connectivity index (χ1v) is 7.07. The maximum absolute atomic E-state index is 12.3. The van der Waals surface area contributed by atoms with Crippen LogP contribution in [0.25, 0.3) is 0 Å². The summed E-state index contributed by atoms with van der Waals surface area (Å²) in [6, 6.07) is 7.82. The van der Waals surface area contributed by atoms with Gasteiger partial charge in [0.1, 0.15) is 5.92 Å². The molecule has 2 rings (SSSR count). The second kappa shape index (κ2) is 5.57. The van der Waals surface area contributed by atoms with Gasteiger partial charge in [0.05, 0.1) is 11.9 Å². The summed E-state index contributed by atoms with van der Waals surface area (Å²) in [4.78, 5) is 23.9. The normalized spacial score (nSPS) is 23.1. The highest BCUT2D eigenvalue weighted by Crippen LogP contribution is 2.41. The molecule has 3 nitrogen and oxygen atoms in total. The summed E-state index contributed by atoms with van der Waals surface area (Å²) in [6.07, 6.45) is 0. The molecule has 2 unspecified atom stereocenters. The molecular weight excluding hydrogens is 248 g/mol. The molecule has 1 saturated heterocycles. The molecule has 0 radical (unpaired) electrons. The fourth-order valence-electron chi connectivity index (χ4n) is 2.09. The average Bonchev–Trinajstić information content (AvgIpc) is 2.72. The zero-order valence-electron chi connectivity index (χ0n) is 10.5. The molecule has 0 amide bonds. The highest BCUT2D eigenvalue weighted by atomic mass is 32.2. The van der Waals surface area contributed by atoms with Gasteiger partial charge in [-0.25, -0.2) is 0 Å². The quantitative estimate of drug-likeness (QED) is 0.621. The first-order valence-electron chi connectivity index (χ1n) is 6.02. The Morgan fingerprint density at radius 1 is 1.44 bits per heavy atom. The molecular formula is C14H16O3S. The molecule has 0 aromatic heterocycles. The lowest BCUT2D eigenvalue weighted by Crippen LogP contribution is -2.25. The van der Waals surface area contributed by atoms with Crippen LogP contribution in [0.5, 0.6) is 0 Å². The number of thioether (sulfide) groups is 1. The van der Waals surface area contributed by atoms with Crippen LogP contribution in [0.15, 0.2) is 24.3 Å². The van der Waals surface area contributed by atoms with Crippen molar-refractivity contribution in [2.75, 3.05) is 12.4 Å². The molecule has 0 aliphatic carbocycles. The Hall–Kier alpha value is -1.29. The highest BCUT2D eigenvalue weighted by Gasteiger charge is 2.41. The van der Waals surface area contributed by atoms with Crippen LogP contribution in [-0.2, 0) is 14.3 Å². The summed E-state index contributed by atoms with van der Waals surface area (Å²) in [5, 5.41) is -0.222. The number of benzene rings is 1. The SMILES string of the molecule is CCOC(=O)C1CSC(c2ccccc2C)C1=O. The number of ether oxygens (including phenoxy) is 1. The number of rotatable bonds is 3. The second-order valence-corrected chi connectivity index (χ2v) is 5.42. The second-order valence-electron chi connectivity index (χ2n) is 4.28. The third-order valence-corrected chi connectivity index (χ3v) is 4.42. The van der Waals surface area contributed by atoms with Gasteiger partial charge in [-0.1, -0.05) is 24.3 Å². The molecule has 1 aliphatic heterocycles. The molecule has 1 aromatic rings. The van der Waals surface area contributed by atoms with E-state index in [4.69, 9.17) is 4.74 Å². The fourth-order valence-corrected chi connectivity index (χ4v) is 3.55. The predicted molar refractivity (Wildman–Crippen MR) is 71.5 cm³/mol. The van der Waals surface area contributed by atoms with Crippen LogP contribution in [0.1, 0.15) is 23.3 Å². The molecule has 0 saturated carbocycles. The molecule has 2 atom stereocenters. The van der Waals surface area contributed by atoms with Gasteiger partial charge < -0.3 is 4.74 Å². The number of hydrogen-bond acceptors (Lipinski definition) is 4. The molecule has 1 fully saturated rings. The van der Waals surface area contributed by atoms with Crippen molar-refractivity contribution in [2.45, 2.75) is 19.1 Å². The van der Waals surface area contributed by atoms with E-state index in [0.717, 1.165) is 11.1 Å². The van der Waals surface area contributed by atoms with E-state index in [9.17, 15) is 9.59 Å². The van der Waals surface area contributed by atoms with Crippen molar-refractivity contribution < 1.29 is 14.3 Å². The largest absolute Gasteiger partial charge is 0.465 e. The Balaban J connectivity index is 2.17. The van der Waals surface area contributed by atoms with E-state index in [0.29, 0.717) is 12.4 Å². The van der Waals surface area contributed by atoms with Crippen molar-refractivity contribution in [3.8, 4) is 0 Å². The van der Waals surface area contributed by atoms with E-state index in [2.05, 4.69) is 0 Å². The molecule has 1 heterocycles. The standard InChI is InChI=1S/C14H16O3S/c1-3-17-14(16)11-8-18-13(12(11)15)10-7-5-4-6-9(10)2/h4-7,11,13H,3,8H2,1-2H3. The lowest BCUT2D eigenvalue weighted by Gasteiger charge is -2.11. The van der Waals surface area contributed by atoms with E-state index in [-0.39, 0.29) is 17.0 Å². The van der Waals surface area contributed by atoms with E-state index in [1.807, 2.05) is 31.2 Å². The van der Waals surface area contributed by atoms with Gasteiger partial charge in [-0.3, -0.25) is 9.59 Å². The number of esters is 1. The molecule has 96 valence electrons. The van der Waals surface area contributed by atoms with Gasteiger partial charge in [0.2, 0.25) is 0 Å². The average molecular weight is 264 g/mol. The van der Waals surface area contributed by atoms with Crippen molar-refractivity contribution in [2.24, 2.45) is 5.92 Å². The minimum atomic E-state index is -0.598. The fraction of sp³-hybridized carbons (Fsp3) is 0.429. The summed E-state index contributed by atoms with van der Waals surface area (Å²) in [6.45, 7) is 4.06. The monoisotopic (exact) mass is 264 g/mol. The maximum atomic E-state index is 12.3. The lowest BCUT2D eigenvalue weighted by molar-refractivity contribution is -0.150. The summed E-state index contributed by atoms with van der Waals surface area (Å²) < 4.78 is 4.94. The molecule has 0 spiro atoms. The van der Waals surface area contributed by atoms with Crippen LogP contribution in [-0.4, -0.2) is 24.1 Å². The summed E-state index contributed by atoms with van der Waals surface area (Å²) in [5.41, 5.74) is 2.10. The predicted octanol–water partition coefficient (Wildman–Crippen LogP) is 2.53. The number of ketones is 1. The smallest absolute Gasteiger partial charge is 0.317 e. The van der Waals surface area contributed by atoms with Crippen molar-refractivity contribution >= 4 is 23.5 Å². The van der Waals surface area contributed by atoms with Gasteiger partial charge in [0.25, 0.3) is 0 Å². The minimum absolute atomic E-state index is 0.0206. The Kier molecular flexibility index (Phi) is 4.07. The Morgan fingerprint density at radius 2 is 2.17 bits per heavy atom. The van der Waals surface area contributed by atoms with E-state index in [1.165, 1.54) is 11.8 Å².